The van der Waals surface area contributed by atoms with Crippen molar-refractivity contribution < 1.29 is 23.8 Å². The number of anilines is 1. The van der Waals surface area contributed by atoms with Crippen LogP contribution in [0, 0.1) is 0 Å². The van der Waals surface area contributed by atoms with E-state index >= 15 is 0 Å². The van der Waals surface area contributed by atoms with Crippen molar-refractivity contribution in [3.05, 3.63) is 53.6 Å². The highest BCUT2D eigenvalue weighted by molar-refractivity contribution is 8.16. The number of benzene rings is 2. The summed E-state index contributed by atoms with van der Waals surface area (Å²) in [6, 6.07) is 12.6. The second-order valence-electron chi connectivity index (χ2n) is 6.70. The van der Waals surface area contributed by atoms with Crippen LogP contribution in [0.4, 0.5) is 5.69 Å². The van der Waals surface area contributed by atoms with E-state index in [1.807, 2.05) is 49.5 Å². The van der Waals surface area contributed by atoms with E-state index < -0.39 is 11.9 Å². The van der Waals surface area contributed by atoms with E-state index in [2.05, 4.69) is 5.32 Å². The number of carbonyl (C=O) groups is 2. The van der Waals surface area contributed by atoms with E-state index in [1.54, 1.807) is 30.3 Å². The first-order valence-electron chi connectivity index (χ1n) is 10.3. The van der Waals surface area contributed by atoms with Crippen molar-refractivity contribution in [1.82, 2.24) is 0 Å². The molecule has 0 atom stereocenters. The van der Waals surface area contributed by atoms with Crippen molar-refractivity contribution in [2.75, 3.05) is 36.6 Å². The van der Waals surface area contributed by atoms with Gasteiger partial charge in [0.05, 0.1) is 23.4 Å². The molecule has 0 radical (unpaired) electrons. The Morgan fingerprint density at radius 1 is 0.968 bits per heavy atom. The number of thioether (sulfide) groups is 2. The molecular weight excluding hydrogens is 434 g/mol. The van der Waals surface area contributed by atoms with Gasteiger partial charge < -0.3 is 19.5 Å². The van der Waals surface area contributed by atoms with Crippen LogP contribution >= 0.6 is 23.5 Å². The number of carbonyl (C=O) groups excluding carboxylic acids is 2. The van der Waals surface area contributed by atoms with Crippen molar-refractivity contribution >= 4 is 41.1 Å². The Kier molecular flexibility index (Phi) is 8.97. The summed E-state index contributed by atoms with van der Waals surface area (Å²) in [4.78, 5) is 24.5. The van der Waals surface area contributed by atoms with Gasteiger partial charge in [-0.1, -0.05) is 12.1 Å². The molecule has 0 saturated carbocycles. The molecule has 166 valence electrons. The normalized spacial score (nSPS) is 14.0. The molecule has 3 rings (SSSR count). The van der Waals surface area contributed by atoms with Crippen LogP contribution in [0.2, 0.25) is 0 Å². The van der Waals surface area contributed by atoms with E-state index in [0.29, 0.717) is 40.5 Å². The first-order valence-corrected chi connectivity index (χ1v) is 12.4. The Hall–Kier alpha value is -2.32. The summed E-state index contributed by atoms with van der Waals surface area (Å²) in [6.07, 6.45) is 1.24. The lowest BCUT2D eigenvalue weighted by molar-refractivity contribution is -0.119. The molecule has 1 aliphatic heterocycles. The standard InChI is InChI=1S/C23H27NO5S2/c1-3-27-19-11-10-18(14-20(19)28-4-2)24-21(25)15-29-22(26)16-6-8-17(9-7-16)23-30-12-5-13-31-23/h6-11,14,23H,3-5,12-13,15H2,1-2H3,(H,24,25). The van der Waals surface area contributed by atoms with Gasteiger partial charge in [-0.25, -0.2) is 4.79 Å². The molecular formula is C23H27NO5S2. The molecule has 1 N–H and O–H groups in total. The third-order valence-electron chi connectivity index (χ3n) is 4.41. The van der Waals surface area contributed by atoms with Crippen LogP contribution in [0.15, 0.2) is 42.5 Å². The second kappa shape index (κ2) is 11.9. The van der Waals surface area contributed by atoms with Crippen LogP contribution in [0.1, 0.15) is 40.8 Å². The van der Waals surface area contributed by atoms with Gasteiger partial charge in [-0.15, -0.1) is 23.5 Å². The summed E-state index contributed by atoms with van der Waals surface area (Å²) in [6.45, 7) is 4.39. The Labute approximate surface area is 191 Å². The van der Waals surface area contributed by atoms with Gasteiger partial charge in [0.15, 0.2) is 18.1 Å². The number of hydrogen-bond acceptors (Lipinski definition) is 7. The van der Waals surface area contributed by atoms with Gasteiger partial charge in [0.1, 0.15) is 0 Å². The van der Waals surface area contributed by atoms with Gasteiger partial charge in [0, 0.05) is 11.8 Å². The molecule has 0 bridgehead atoms. The topological polar surface area (TPSA) is 73.9 Å². The predicted octanol–water partition coefficient (Wildman–Crippen LogP) is 5.15. The summed E-state index contributed by atoms with van der Waals surface area (Å²) in [5.74, 6) is 2.54. The van der Waals surface area contributed by atoms with E-state index in [4.69, 9.17) is 14.2 Å². The zero-order chi connectivity index (χ0) is 22.1. The van der Waals surface area contributed by atoms with Crippen LogP contribution in [0.25, 0.3) is 0 Å². The fourth-order valence-electron chi connectivity index (χ4n) is 3.00. The molecule has 31 heavy (non-hydrogen) atoms. The fourth-order valence-corrected chi connectivity index (χ4v) is 5.89. The maximum absolute atomic E-state index is 12.3. The molecule has 1 heterocycles. The molecule has 1 fully saturated rings. The average Bonchev–Trinajstić information content (AvgIpc) is 2.80. The smallest absolute Gasteiger partial charge is 0.338 e. The van der Waals surface area contributed by atoms with Gasteiger partial charge in [-0.2, -0.15) is 0 Å². The van der Waals surface area contributed by atoms with Crippen molar-refractivity contribution in [2.24, 2.45) is 0 Å². The Morgan fingerprint density at radius 3 is 2.32 bits per heavy atom. The Balaban J connectivity index is 1.52. The lowest BCUT2D eigenvalue weighted by Gasteiger charge is -2.21. The van der Waals surface area contributed by atoms with Crippen LogP contribution in [-0.4, -0.2) is 43.2 Å². The zero-order valence-corrected chi connectivity index (χ0v) is 19.4. The molecule has 1 aliphatic rings. The first kappa shape index (κ1) is 23.3. The highest BCUT2D eigenvalue weighted by Crippen LogP contribution is 2.43. The molecule has 8 heteroatoms. The summed E-state index contributed by atoms with van der Waals surface area (Å²) in [5.41, 5.74) is 2.17. The fraction of sp³-hybridized carbons (Fsp3) is 0.391. The van der Waals surface area contributed by atoms with Crippen LogP contribution in [0.5, 0.6) is 11.5 Å². The maximum Gasteiger partial charge on any atom is 0.338 e. The molecule has 1 saturated heterocycles. The average molecular weight is 462 g/mol. The van der Waals surface area contributed by atoms with Gasteiger partial charge in [0.25, 0.3) is 5.91 Å². The highest BCUT2D eigenvalue weighted by atomic mass is 32.2. The van der Waals surface area contributed by atoms with E-state index in [0.717, 1.165) is 11.5 Å². The minimum absolute atomic E-state index is 0.369. The summed E-state index contributed by atoms with van der Waals surface area (Å²) < 4.78 is 16.7. The van der Waals surface area contributed by atoms with E-state index in [-0.39, 0.29) is 6.61 Å². The van der Waals surface area contributed by atoms with E-state index in [1.165, 1.54) is 12.0 Å². The number of esters is 1. The van der Waals surface area contributed by atoms with Gasteiger partial charge in [-0.3, -0.25) is 4.79 Å². The van der Waals surface area contributed by atoms with Crippen molar-refractivity contribution in [1.29, 1.82) is 0 Å². The molecule has 0 aliphatic carbocycles. The summed E-state index contributed by atoms with van der Waals surface area (Å²) in [5, 5.41) is 2.71. The molecule has 0 aromatic heterocycles. The summed E-state index contributed by atoms with van der Waals surface area (Å²) in [7, 11) is 0. The van der Waals surface area contributed by atoms with Gasteiger partial charge >= 0.3 is 5.97 Å². The quantitative estimate of drug-likeness (QED) is 0.518. The Morgan fingerprint density at radius 2 is 1.65 bits per heavy atom. The second-order valence-corrected chi connectivity index (χ2v) is 9.43. The first-order chi connectivity index (χ1) is 15.1. The third kappa shape index (κ3) is 6.83. The van der Waals surface area contributed by atoms with Gasteiger partial charge in [0.2, 0.25) is 0 Å². The molecule has 1 amide bonds. The molecule has 6 nitrogen and oxygen atoms in total. The number of ether oxygens (including phenoxy) is 3. The number of rotatable bonds is 9. The van der Waals surface area contributed by atoms with Gasteiger partial charge in [-0.05, 0) is 61.6 Å². The number of amides is 1. The Bertz CT molecular complexity index is 882. The minimum atomic E-state index is -0.521. The van der Waals surface area contributed by atoms with Crippen molar-refractivity contribution in [3.63, 3.8) is 0 Å². The maximum atomic E-state index is 12.3. The largest absolute Gasteiger partial charge is 0.490 e. The molecule has 0 unspecified atom stereocenters. The zero-order valence-electron chi connectivity index (χ0n) is 17.7. The van der Waals surface area contributed by atoms with Crippen LogP contribution in [-0.2, 0) is 9.53 Å². The SMILES string of the molecule is CCOc1ccc(NC(=O)COC(=O)c2ccc(C3SCCCS3)cc2)cc1OCC. The summed E-state index contributed by atoms with van der Waals surface area (Å²) >= 11 is 3.86. The van der Waals surface area contributed by atoms with Crippen molar-refractivity contribution in [2.45, 2.75) is 24.9 Å². The lowest BCUT2D eigenvalue weighted by atomic mass is 10.1. The van der Waals surface area contributed by atoms with Crippen LogP contribution < -0.4 is 14.8 Å². The minimum Gasteiger partial charge on any atom is -0.490 e. The predicted molar refractivity (Wildman–Crippen MR) is 126 cm³/mol. The van der Waals surface area contributed by atoms with Crippen LogP contribution in [0.3, 0.4) is 0 Å². The van der Waals surface area contributed by atoms with E-state index in [9.17, 15) is 9.59 Å². The molecule has 2 aromatic carbocycles. The monoisotopic (exact) mass is 461 g/mol. The third-order valence-corrected chi connectivity index (χ3v) is 7.42. The number of hydrogen-bond donors (Lipinski definition) is 1. The number of nitrogens with one attached hydrogen (secondary N) is 1. The molecule has 2 aromatic rings. The van der Waals surface area contributed by atoms with Crippen molar-refractivity contribution in [3.8, 4) is 11.5 Å². The highest BCUT2D eigenvalue weighted by Gasteiger charge is 2.17. The lowest BCUT2D eigenvalue weighted by Crippen LogP contribution is -2.21. The molecule has 0 spiro atoms.